The van der Waals surface area contributed by atoms with Crippen LogP contribution < -0.4 is 0 Å². The lowest BCUT2D eigenvalue weighted by atomic mass is 10.2. The van der Waals surface area contributed by atoms with Crippen molar-refractivity contribution >= 4 is 17.2 Å². The molecular formula is C11H18N2O2S. The molecule has 0 bridgehead atoms. The lowest BCUT2D eigenvalue weighted by Crippen LogP contribution is -2.29. The summed E-state index contributed by atoms with van der Waals surface area (Å²) in [4.78, 5) is 17.4. The zero-order valence-electron chi connectivity index (χ0n) is 9.77. The van der Waals surface area contributed by atoms with Crippen LogP contribution in [0, 0.1) is 6.92 Å². The van der Waals surface area contributed by atoms with Gasteiger partial charge in [-0.05, 0) is 19.8 Å². The highest BCUT2D eigenvalue weighted by molar-refractivity contribution is 7.09. The van der Waals surface area contributed by atoms with Gasteiger partial charge in [-0.2, -0.15) is 0 Å². The van der Waals surface area contributed by atoms with Crippen LogP contribution in [0.2, 0.25) is 0 Å². The first kappa shape index (κ1) is 13.1. The van der Waals surface area contributed by atoms with Crippen molar-refractivity contribution in [3.63, 3.8) is 0 Å². The van der Waals surface area contributed by atoms with Crippen LogP contribution in [0.3, 0.4) is 0 Å². The van der Waals surface area contributed by atoms with E-state index in [1.807, 2.05) is 12.3 Å². The van der Waals surface area contributed by atoms with E-state index >= 15 is 0 Å². The SMILES string of the molecule is Cc1nc(CCCC(=O)N(C)CCO)cs1. The van der Waals surface area contributed by atoms with E-state index in [0.717, 1.165) is 23.5 Å². The molecule has 1 aromatic rings. The molecule has 0 aliphatic carbocycles. The van der Waals surface area contributed by atoms with E-state index in [1.54, 1.807) is 23.3 Å². The Balaban J connectivity index is 2.22. The average molecular weight is 242 g/mol. The number of rotatable bonds is 6. The molecule has 0 aliphatic heterocycles. The maximum atomic E-state index is 11.5. The smallest absolute Gasteiger partial charge is 0.222 e. The molecule has 1 N–H and O–H groups in total. The van der Waals surface area contributed by atoms with Gasteiger partial charge in [-0.15, -0.1) is 11.3 Å². The number of hydrogen-bond donors (Lipinski definition) is 1. The number of amides is 1. The molecule has 4 nitrogen and oxygen atoms in total. The highest BCUT2D eigenvalue weighted by Gasteiger charge is 2.07. The van der Waals surface area contributed by atoms with Crippen molar-refractivity contribution in [1.29, 1.82) is 0 Å². The van der Waals surface area contributed by atoms with Crippen LogP contribution in [0.4, 0.5) is 0 Å². The minimum Gasteiger partial charge on any atom is -0.395 e. The second-order valence-electron chi connectivity index (χ2n) is 3.75. The van der Waals surface area contributed by atoms with E-state index in [-0.39, 0.29) is 12.5 Å². The first-order valence-electron chi connectivity index (χ1n) is 5.39. The summed E-state index contributed by atoms with van der Waals surface area (Å²) >= 11 is 1.64. The van der Waals surface area contributed by atoms with E-state index in [4.69, 9.17) is 5.11 Å². The molecule has 0 unspecified atom stereocenters. The summed E-state index contributed by atoms with van der Waals surface area (Å²) in [5.74, 6) is 0.0843. The molecular weight excluding hydrogens is 224 g/mol. The van der Waals surface area contributed by atoms with Gasteiger partial charge in [0.05, 0.1) is 17.3 Å². The van der Waals surface area contributed by atoms with Crippen LogP contribution in [0.25, 0.3) is 0 Å². The van der Waals surface area contributed by atoms with Crippen LogP contribution in [0.15, 0.2) is 5.38 Å². The summed E-state index contributed by atoms with van der Waals surface area (Å²) in [6.07, 6.45) is 2.19. The molecule has 1 heterocycles. The summed E-state index contributed by atoms with van der Waals surface area (Å²) in [6, 6.07) is 0. The number of carbonyl (C=O) groups excluding carboxylic acids is 1. The number of likely N-dealkylation sites (N-methyl/N-ethyl adjacent to an activating group) is 1. The Kier molecular flexibility index (Phi) is 5.42. The summed E-state index contributed by atoms with van der Waals surface area (Å²) in [5, 5.41) is 11.8. The van der Waals surface area contributed by atoms with Crippen molar-refractivity contribution in [3.05, 3.63) is 16.1 Å². The lowest BCUT2D eigenvalue weighted by molar-refractivity contribution is -0.130. The van der Waals surface area contributed by atoms with Crippen molar-refractivity contribution in [3.8, 4) is 0 Å². The van der Waals surface area contributed by atoms with Crippen molar-refractivity contribution in [2.75, 3.05) is 20.2 Å². The molecule has 5 heteroatoms. The minimum absolute atomic E-state index is 0.0214. The molecule has 0 radical (unpaired) electrons. The van der Waals surface area contributed by atoms with Crippen LogP contribution in [-0.2, 0) is 11.2 Å². The number of carbonyl (C=O) groups is 1. The Morgan fingerprint density at radius 3 is 2.94 bits per heavy atom. The Morgan fingerprint density at radius 1 is 1.62 bits per heavy atom. The predicted molar refractivity (Wildman–Crippen MR) is 64.5 cm³/mol. The zero-order valence-corrected chi connectivity index (χ0v) is 10.6. The predicted octanol–water partition coefficient (Wildman–Crippen LogP) is 1.22. The third-order valence-corrected chi connectivity index (χ3v) is 3.17. The topological polar surface area (TPSA) is 53.4 Å². The van der Waals surface area contributed by atoms with Gasteiger partial charge in [0.1, 0.15) is 0 Å². The molecule has 90 valence electrons. The van der Waals surface area contributed by atoms with Crippen molar-refractivity contribution in [1.82, 2.24) is 9.88 Å². The average Bonchev–Trinajstić information content (AvgIpc) is 2.64. The molecule has 0 aromatic carbocycles. The molecule has 0 aliphatic rings. The normalized spacial score (nSPS) is 10.4. The van der Waals surface area contributed by atoms with Gasteiger partial charge in [-0.25, -0.2) is 4.98 Å². The number of nitrogens with zero attached hydrogens (tertiary/aromatic N) is 2. The third kappa shape index (κ3) is 4.28. The van der Waals surface area contributed by atoms with E-state index in [0.29, 0.717) is 13.0 Å². The maximum Gasteiger partial charge on any atom is 0.222 e. The zero-order chi connectivity index (χ0) is 12.0. The third-order valence-electron chi connectivity index (χ3n) is 2.35. The second-order valence-corrected chi connectivity index (χ2v) is 4.81. The van der Waals surface area contributed by atoms with Crippen LogP contribution in [0.5, 0.6) is 0 Å². The van der Waals surface area contributed by atoms with Crippen LogP contribution >= 0.6 is 11.3 Å². The number of aryl methyl sites for hydroxylation is 2. The Hall–Kier alpha value is -0.940. The number of hydrogen-bond acceptors (Lipinski definition) is 4. The van der Waals surface area contributed by atoms with Gasteiger partial charge in [-0.1, -0.05) is 0 Å². The number of aliphatic hydroxyl groups is 1. The molecule has 1 amide bonds. The van der Waals surface area contributed by atoms with E-state index in [9.17, 15) is 4.79 Å². The Labute approximate surface area is 99.9 Å². The van der Waals surface area contributed by atoms with Gasteiger partial charge in [0.25, 0.3) is 0 Å². The van der Waals surface area contributed by atoms with Crippen molar-refractivity contribution in [2.24, 2.45) is 0 Å². The van der Waals surface area contributed by atoms with E-state index in [1.165, 1.54) is 0 Å². The van der Waals surface area contributed by atoms with Gasteiger partial charge in [0.2, 0.25) is 5.91 Å². The van der Waals surface area contributed by atoms with Gasteiger partial charge < -0.3 is 10.0 Å². The number of thiazole rings is 1. The molecule has 0 fully saturated rings. The molecule has 0 saturated carbocycles. The monoisotopic (exact) mass is 242 g/mol. The van der Waals surface area contributed by atoms with Crippen LogP contribution in [0.1, 0.15) is 23.5 Å². The lowest BCUT2D eigenvalue weighted by Gasteiger charge is -2.14. The largest absolute Gasteiger partial charge is 0.395 e. The molecule has 0 saturated heterocycles. The fourth-order valence-corrected chi connectivity index (χ4v) is 2.06. The van der Waals surface area contributed by atoms with Crippen molar-refractivity contribution in [2.45, 2.75) is 26.2 Å². The van der Waals surface area contributed by atoms with E-state index in [2.05, 4.69) is 4.98 Å². The van der Waals surface area contributed by atoms with Gasteiger partial charge >= 0.3 is 0 Å². The van der Waals surface area contributed by atoms with Crippen molar-refractivity contribution < 1.29 is 9.90 Å². The standard InChI is InChI=1S/C11H18N2O2S/c1-9-12-10(8-16-9)4-3-5-11(15)13(2)6-7-14/h8,14H,3-7H2,1-2H3. The molecule has 1 rings (SSSR count). The fourth-order valence-electron chi connectivity index (χ4n) is 1.41. The second kappa shape index (κ2) is 6.60. The summed E-state index contributed by atoms with van der Waals surface area (Å²) < 4.78 is 0. The fraction of sp³-hybridized carbons (Fsp3) is 0.636. The van der Waals surface area contributed by atoms with Gasteiger partial charge in [-0.3, -0.25) is 4.79 Å². The molecule has 16 heavy (non-hydrogen) atoms. The van der Waals surface area contributed by atoms with Gasteiger partial charge in [0.15, 0.2) is 0 Å². The van der Waals surface area contributed by atoms with E-state index < -0.39 is 0 Å². The molecule has 0 spiro atoms. The Morgan fingerprint density at radius 2 is 2.38 bits per heavy atom. The highest BCUT2D eigenvalue weighted by Crippen LogP contribution is 2.10. The summed E-state index contributed by atoms with van der Waals surface area (Å²) in [7, 11) is 1.71. The first-order valence-corrected chi connectivity index (χ1v) is 6.27. The van der Waals surface area contributed by atoms with Gasteiger partial charge in [0, 0.05) is 25.4 Å². The molecule has 0 atom stereocenters. The first-order chi connectivity index (χ1) is 7.63. The molecule has 1 aromatic heterocycles. The Bertz CT molecular complexity index is 338. The quantitative estimate of drug-likeness (QED) is 0.816. The number of aliphatic hydroxyl groups excluding tert-OH is 1. The summed E-state index contributed by atoms with van der Waals surface area (Å²) in [5.41, 5.74) is 1.07. The number of aromatic nitrogens is 1. The van der Waals surface area contributed by atoms with Crippen LogP contribution in [-0.4, -0.2) is 41.1 Å². The highest BCUT2D eigenvalue weighted by atomic mass is 32.1. The summed E-state index contributed by atoms with van der Waals surface area (Å²) in [6.45, 7) is 2.41. The maximum absolute atomic E-state index is 11.5. The minimum atomic E-state index is 0.0214.